The fraction of sp³-hybridized carbons (Fsp3) is 0.194. The number of hydrogen-bond acceptors (Lipinski definition) is 5. The summed E-state index contributed by atoms with van der Waals surface area (Å²) < 4.78 is 8.34. The first kappa shape index (κ1) is 23.5. The minimum absolute atomic E-state index is 0.0830. The number of ether oxygens (including phenoxy) is 1. The third kappa shape index (κ3) is 5.01. The molecule has 0 saturated carbocycles. The van der Waals surface area contributed by atoms with E-state index in [2.05, 4.69) is 32.4 Å². The standard InChI is InChI=1S/C31H25N5O2/c32-16-26-9-7-24-14-30(26)38-29-11-10-25(8-6-23-4-2-1-3-5-23)27(15-29)19-35-13-12-34(21-31(35)37)20-28-17-33-22-36(28)18-24/h1-5,7,9-11,14-15,17,22H,12-13,18-21H2. The molecule has 186 valence electrons. The van der Waals surface area contributed by atoms with E-state index in [1.165, 1.54) is 0 Å². The Labute approximate surface area is 221 Å². The van der Waals surface area contributed by atoms with Gasteiger partial charge in [0.2, 0.25) is 5.91 Å². The monoisotopic (exact) mass is 499 g/mol. The zero-order valence-electron chi connectivity index (χ0n) is 20.8. The summed E-state index contributed by atoms with van der Waals surface area (Å²) in [6.07, 6.45) is 3.65. The lowest BCUT2D eigenvalue weighted by atomic mass is 10.0. The summed E-state index contributed by atoms with van der Waals surface area (Å²) in [5.41, 5.74) is 5.17. The highest BCUT2D eigenvalue weighted by atomic mass is 16.5. The Hall–Kier alpha value is -4.85. The van der Waals surface area contributed by atoms with Crippen LogP contribution in [0.4, 0.5) is 0 Å². The maximum atomic E-state index is 13.2. The Balaban J connectivity index is 1.42. The Morgan fingerprint density at radius 1 is 0.868 bits per heavy atom. The van der Waals surface area contributed by atoms with Crippen LogP contribution in [0.5, 0.6) is 11.5 Å². The molecule has 1 fully saturated rings. The van der Waals surface area contributed by atoms with Crippen LogP contribution >= 0.6 is 0 Å². The number of amides is 1. The molecule has 7 heteroatoms. The molecule has 7 nitrogen and oxygen atoms in total. The summed E-state index contributed by atoms with van der Waals surface area (Å²) in [6, 6.07) is 23.4. The molecule has 38 heavy (non-hydrogen) atoms. The second-order valence-corrected chi connectivity index (χ2v) is 9.52. The average Bonchev–Trinajstić information content (AvgIpc) is 3.36. The summed E-state index contributed by atoms with van der Waals surface area (Å²) in [5.74, 6) is 7.69. The number of carbonyl (C=O) groups is 1. The van der Waals surface area contributed by atoms with Gasteiger partial charge in [0, 0.05) is 50.0 Å². The molecule has 3 aliphatic rings. The van der Waals surface area contributed by atoms with Gasteiger partial charge in [0.1, 0.15) is 17.6 Å². The van der Waals surface area contributed by atoms with Crippen molar-refractivity contribution in [3.8, 4) is 29.4 Å². The molecule has 6 bridgehead atoms. The number of aromatic nitrogens is 2. The molecule has 4 aromatic rings. The molecule has 0 aliphatic carbocycles. The largest absolute Gasteiger partial charge is 0.456 e. The first-order chi connectivity index (χ1) is 18.6. The van der Waals surface area contributed by atoms with Gasteiger partial charge >= 0.3 is 0 Å². The zero-order chi connectivity index (χ0) is 25.9. The Morgan fingerprint density at radius 3 is 2.58 bits per heavy atom. The topological polar surface area (TPSA) is 74.4 Å². The lowest BCUT2D eigenvalue weighted by Crippen LogP contribution is -2.49. The van der Waals surface area contributed by atoms with Crippen molar-refractivity contribution in [1.82, 2.24) is 19.4 Å². The van der Waals surface area contributed by atoms with Crippen LogP contribution in [-0.4, -0.2) is 44.9 Å². The number of carbonyl (C=O) groups excluding carboxylic acids is 1. The van der Waals surface area contributed by atoms with Gasteiger partial charge in [-0.05, 0) is 53.6 Å². The van der Waals surface area contributed by atoms with E-state index in [-0.39, 0.29) is 5.91 Å². The minimum atomic E-state index is 0.0830. The molecule has 1 amide bonds. The van der Waals surface area contributed by atoms with E-state index in [9.17, 15) is 10.1 Å². The molecule has 1 saturated heterocycles. The van der Waals surface area contributed by atoms with E-state index < -0.39 is 0 Å². The third-order valence-corrected chi connectivity index (χ3v) is 6.88. The van der Waals surface area contributed by atoms with Gasteiger partial charge in [-0.3, -0.25) is 9.69 Å². The SMILES string of the molecule is N#Cc1ccc2cc1Oc1ccc(C#Cc3ccccc3)c(c1)CN1CCN(CC1=O)Cc1cncn1C2. The van der Waals surface area contributed by atoms with Gasteiger partial charge < -0.3 is 14.2 Å². The van der Waals surface area contributed by atoms with Gasteiger partial charge in [0.25, 0.3) is 0 Å². The molecule has 1 atom stereocenters. The second-order valence-electron chi connectivity index (χ2n) is 9.52. The fourth-order valence-corrected chi connectivity index (χ4v) is 4.83. The molecule has 7 rings (SSSR count). The average molecular weight is 500 g/mol. The maximum Gasteiger partial charge on any atom is 0.237 e. The van der Waals surface area contributed by atoms with Crippen LogP contribution in [0.3, 0.4) is 0 Å². The number of fused-ring (bicyclic) bond motifs is 2. The molecular formula is C31H25N5O2. The van der Waals surface area contributed by atoms with E-state index in [1.807, 2.05) is 71.8 Å². The second kappa shape index (κ2) is 10.3. The van der Waals surface area contributed by atoms with Gasteiger partial charge in [-0.15, -0.1) is 0 Å². The number of benzene rings is 3. The molecule has 1 unspecified atom stereocenters. The van der Waals surface area contributed by atoms with Gasteiger partial charge in [-0.25, -0.2) is 4.98 Å². The predicted molar refractivity (Wildman–Crippen MR) is 142 cm³/mol. The highest BCUT2D eigenvalue weighted by Crippen LogP contribution is 2.29. The summed E-state index contributed by atoms with van der Waals surface area (Å²) in [5, 5.41) is 9.71. The number of rotatable bonds is 0. The van der Waals surface area contributed by atoms with Crippen molar-refractivity contribution in [3.63, 3.8) is 0 Å². The fourth-order valence-electron chi connectivity index (χ4n) is 4.83. The van der Waals surface area contributed by atoms with Crippen molar-refractivity contribution in [2.24, 2.45) is 0 Å². The van der Waals surface area contributed by atoms with Crippen LogP contribution in [0.2, 0.25) is 0 Å². The van der Waals surface area contributed by atoms with Crippen LogP contribution in [0.25, 0.3) is 0 Å². The lowest BCUT2D eigenvalue weighted by molar-refractivity contribution is -0.136. The molecule has 0 radical (unpaired) electrons. The van der Waals surface area contributed by atoms with Crippen LogP contribution in [-0.2, 0) is 24.4 Å². The summed E-state index contributed by atoms with van der Waals surface area (Å²) in [6.45, 7) is 3.42. The van der Waals surface area contributed by atoms with Crippen molar-refractivity contribution in [2.45, 2.75) is 19.6 Å². The van der Waals surface area contributed by atoms with Crippen molar-refractivity contribution < 1.29 is 9.53 Å². The normalized spacial score (nSPS) is 16.6. The molecule has 0 spiro atoms. The summed E-state index contributed by atoms with van der Waals surface area (Å²) >= 11 is 0. The van der Waals surface area contributed by atoms with Crippen molar-refractivity contribution >= 4 is 5.91 Å². The first-order valence-corrected chi connectivity index (χ1v) is 12.5. The maximum absolute atomic E-state index is 13.2. The molecule has 4 heterocycles. The van der Waals surface area contributed by atoms with E-state index in [0.29, 0.717) is 49.8 Å². The molecule has 3 aromatic carbocycles. The number of imidazole rings is 1. The zero-order valence-corrected chi connectivity index (χ0v) is 20.8. The lowest BCUT2D eigenvalue weighted by Gasteiger charge is -2.34. The molecule has 1 aromatic heterocycles. The van der Waals surface area contributed by atoms with Crippen LogP contribution in [0, 0.1) is 23.2 Å². The van der Waals surface area contributed by atoms with E-state index in [4.69, 9.17) is 4.74 Å². The predicted octanol–water partition coefficient (Wildman–Crippen LogP) is 4.15. The van der Waals surface area contributed by atoms with E-state index in [1.54, 1.807) is 12.4 Å². The van der Waals surface area contributed by atoms with Gasteiger partial charge in [-0.1, -0.05) is 36.1 Å². The van der Waals surface area contributed by atoms with E-state index >= 15 is 0 Å². The number of hydrogen-bond donors (Lipinski definition) is 0. The molecule has 3 aliphatic heterocycles. The van der Waals surface area contributed by atoms with E-state index in [0.717, 1.165) is 34.5 Å². The minimum Gasteiger partial charge on any atom is -0.456 e. The Kier molecular flexibility index (Phi) is 6.35. The number of piperazine rings is 1. The van der Waals surface area contributed by atoms with Crippen molar-refractivity contribution in [1.29, 1.82) is 5.26 Å². The summed E-state index contributed by atoms with van der Waals surface area (Å²) in [4.78, 5) is 21.6. The van der Waals surface area contributed by atoms with Crippen molar-refractivity contribution in [2.75, 3.05) is 19.6 Å². The quantitative estimate of drug-likeness (QED) is 0.340. The number of nitrogens with zero attached hydrogens (tertiary/aromatic N) is 5. The molecule has 0 N–H and O–H groups in total. The van der Waals surface area contributed by atoms with Crippen LogP contribution in [0.15, 0.2) is 79.3 Å². The van der Waals surface area contributed by atoms with Crippen molar-refractivity contribution in [3.05, 3.63) is 113 Å². The van der Waals surface area contributed by atoms with Gasteiger partial charge in [-0.2, -0.15) is 5.26 Å². The smallest absolute Gasteiger partial charge is 0.237 e. The Bertz CT molecular complexity index is 1610. The van der Waals surface area contributed by atoms with Gasteiger partial charge in [0.05, 0.1) is 24.1 Å². The van der Waals surface area contributed by atoms with Crippen LogP contribution < -0.4 is 4.74 Å². The highest BCUT2D eigenvalue weighted by molar-refractivity contribution is 5.79. The molecular weight excluding hydrogens is 474 g/mol. The highest BCUT2D eigenvalue weighted by Gasteiger charge is 2.26. The Morgan fingerprint density at radius 2 is 1.74 bits per heavy atom. The summed E-state index contributed by atoms with van der Waals surface area (Å²) in [7, 11) is 0. The van der Waals surface area contributed by atoms with Gasteiger partial charge in [0.15, 0.2) is 0 Å². The first-order valence-electron chi connectivity index (χ1n) is 12.5. The number of nitriles is 1. The third-order valence-electron chi connectivity index (χ3n) is 6.88. The van der Waals surface area contributed by atoms with Crippen LogP contribution in [0.1, 0.15) is 33.5 Å².